The number of benzene rings is 1. The topological polar surface area (TPSA) is 194 Å². The predicted octanol–water partition coefficient (Wildman–Crippen LogP) is 1.02. The fraction of sp³-hybridized carbons (Fsp3) is 0.364. The van der Waals surface area contributed by atoms with Crippen LogP contribution in [0.1, 0.15) is 28.9 Å². The van der Waals surface area contributed by atoms with Crippen LogP contribution in [-0.4, -0.2) is 58.0 Å². The van der Waals surface area contributed by atoms with Crippen molar-refractivity contribution in [3.8, 4) is 0 Å². The maximum Gasteiger partial charge on any atom is 0.251 e. The molecule has 0 aliphatic heterocycles. The van der Waals surface area contributed by atoms with Crippen LogP contribution in [0.25, 0.3) is 11.2 Å². The zero-order valence-corrected chi connectivity index (χ0v) is 20.8. The van der Waals surface area contributed by atoms with Crippen molar-refractivity contribution in [2.45, 2.75) is 38.5 Å². The van der Waals surface area contributed by atoms with Crippen molar-refractivity contribution in [1.82, 2.24) is 30.6 Å². The van der Waals surface area contributed by atoms with Gasteiger partial charge in [0.1, 0.15) is 0 Å². The smallest absolute Gasteiger partial charge is 0.251 e. The number of nitrogen functional groups attached to an aromatic ring is 2. The number of anilines is 3. The molecule has 2 heterocycles. The van der Waals surface area contributed by atoms with Gasteiger partial charge in [-0.05, 0) is 49.8 Å². The molecule has 3 aromatic rings. The van der Waals surface area contributed by atoms with E-state index in [1.165, 1.54) is 0 Å². The number of carbonyl (C=O) groups excluding carboxylic acids is 2. The van der Waals surface area contributed by atoms with Crippen LogP contribution in [0.5, 0.6) is 0 Å². The highest BCUT2D eigenvalue weighted by Gasteiger charge is 2.16. The van der Waals surface area contributed by atoms with Gasteiger partial charge in [-0.1, -0.05) is 0 Å². The summed E-state index contributed by atoms with van der Waals surface area (Å²) in [7, 11) is -2.15. The molecule has 1 aromatic carbocycles. The molecule has 13 heteroatoms. The summed E-state index contributed by atoms with van der Waals surface area (Å²) < 4.78 is 0. The summed E-state index contributed by atoms with van der Waals surface area (Å²) in [6.45, 7) is 4.93. The summed E-state index contributed by atoms with van der Waals surface area (Å²) in [6.07, 6.45) is 2.43. The summed E-state index contributed by atoms with van der Waals surface area (Å²) in [4.78, 5) is 50.5. The number of fused-ring (bicyclic) bond motifs is 1. The lowest BCUT2D eigenvalue weighted by molar-refractivity contribution is -0.121. The highest BCUT2D eigenvalue weighted by atomic mass is 28.4. The normalized spacial score (nSPS) is 11.3. The molecule has 0 aliphatic rings. The maximum atomic E-state index is 12.3. The first kappa shape index (κ1) is 25.8. The fourth-order valence-corrected chi connectivity index (χ4v) is 3.89. The molecule has 0 saturated heterocycles. The lowest BCUT2D eigenvalue weighted by Crippen LogP contribution is -2.33. The molecule has 0 unspecified atom stereocenters. The van der Waals surface area contributed by atoms with E-state index in [0.29, 0.717) is 60.9 Å². The zero-order chi connectivity index (χ0) is 25.4. The van der Waals surface area contributed by atoms with Gasteiger partial charge in [-0.15, -0.1) is 0 Å². The van der Waals surface area contributed by atoms with Gasteiger partial charge < -0.3 is 32.2 Å². The summed E-state index contributed by atoms with van der Waals surface area (Å²) in [5, 5.41) is 8.82. The van der Waals surface area contributed by atoms with Crippen molar-refractivity contribution in [3.05, 3.63) is 41.7 Å². The Balaban J connectivity index is 1.41. The molecule has 2 amide bonds. The number of carbonyl (C=O) groups is 2. The number of nitrogens with zero attached hydrogens (tertiary/aromatic N) is 4. The van der Waals surface area contributed by atoms with E-state index in [1.54, 1.807) is 30.5 Å². The summed E-state index contributed by atoms with van der Waals surface area (Å²) in [6, 6.07) is 7.63. The van der Waals surface area contributed by atoms with Crippen LogP contribution >= 0.6 is 0 Å². The Hall–Kier alpha value is -3.84. The highest BCUT2D eigenvalue weighted by molar-refractivity contribution is 6.69. The molecule has 3 rings (SSSR count). The minimum absolute atomic E-state index is 0.0458. The van der Waals surface area contributed by atoms with Gasteiger partial charge in [-0.2, -0.15) is 9.97 Å². The Morgan fingerprint density at radius 2 is 1.77 bits per heavy atom. The van der Waals surface area contributed by atoms with Crippen LogP contribution < -0.4 is 27.4 Å². The van der Waals surface area contributed by atoms with Crippen LogP contribution in [0.4, 0.5) is 17.5 Å². The Labute approximate surface area is 204 Å². The second-order valence-corrected chi connectivity index (χ2v) is 12.8. The van der Waals surface area contributed by atoms with Crippen LogP contribution in [0.3, 0.4) is 0 Å². The number of aromatic nitrogens is 4. The lowest BCUT2D eigenvalue weighted by atomic mass is 10.2. The molecule has 35 heavy (non-hydrogen) atoms. The highest BCUT2D eigenvalue weighted by Crippen LogP contribution is 2.16. The monoisotopic (exact) mass is 497 g/mol. The molecular formula is C22H31N9O3Si. The molecule has 0 saturated carbocycles. The molecule has 0 radical (unpaired) electrons. The number of nitrogens with one attached hydrogen (secondary N) is 3. The third-order valence-electron chi connectivity index (χ3n) is 5.05. The van der Waals surface area contributed by atoms with Crippen molar-refractivity contribution in [2.75, 3.05) is 29.9 Å². The first-order valence-corrected chi connectivity index (χ1v) is 14.4. The lowest BCUT2D eigenvalue weighted by Gasteiger charge is -2.14. The molecular weight excluding hydrogens is 466 g/mol. The Kier molecular flexibility index (Phi) is 8.49. The van der Waals surface area contributed by atoms with Crippen LogP contribution in [-0.2, 0) is 11.3 Å². The van der Waals surface area contributed by atoms with Gasteiger partial charge >= 0.3 is 0 Å². The summed E-state index contributed by atoms with van der Waals surface area (Å²) >= 11 is 0. The minimum atomic E-state index is -2.15. The van der Waals surface area contributed by atoms with E-state index < -0.39 is 8.32 Å². The average molecular weight is 498 g/mol. The molecule has 0 atom stereocenters. The van der Waals surface area contributed by atoms with Gasteiger partial charge in [-0.25, -0.2) is 9.97 Å². The van der Waals surface area contributed by atoms with Crippen molar-refractivity contribution < 1.29 is 14.4 Å². The fourth-order valence-electron chi connectivity index (χ4n) is 3.15. The van der Waals surface area contributed by atoms with Gasteiger partial charge in [-0.3, -0.25) is 9.59 Å². The quantitative estimate of drug-likeness (QED) is 0.164. The zero-order valence-electron chi connectivity index (χ0n) is 19.8. The van der Waals surface area contributed by atoms with Gasteiger partial charge in [0.05, 0.1) is 18.4 Å². The largest absolute Gasteiger partial charge is 0.432 e. The predicted molar refractivity (Wildman–Crippen MR) is 137 cm³/mol. The molecule has 12 nitrogen and oxygen atoms in total. The van der Waals surface area contributed by atoms with Gasteiger partial charge in [0.2, 0.25) is 11.9 Å². The van der Waals surface area contributed by atoms with Gasteiger partial charge in [0.15, 0.2) is 25.3 Å². The number of hydrogen-bond donors (Lipinski definition) is 6. The standard InChI is InChI=1S/C22H31N9O3Si/c1-35(2,34)11-10-25-17(32)4-3-9-26-21(33)14-5-7-15(8-6-14)27-12-16-13-28-20-18(29-16)19(23)30-22(24)31-20/h5-8,13,27,34H,3-4,9-12H2,1-2H3,(H,25,32)(H,26,33)(H4,23,24,28,30,31). The molecule has 2 aromatic heterocycles. The number of amides is 2. The number of hydrogen-bond acceptors (Lipinski definition) is 10. The van der Waals surface area contributed by atoms with E-state index in [-0.39, 0.29) is 23.6 Å². The second-order valence-electron chi connectivity index (χ2n) is 8.70. The average Bonchev–Trinajstić information content (AvgIpc) is 2.80. The van der Waals surface area contributed by atoms with E-state index >= 15 is 0 Å². The van der Waals surface area contributed by atoms with Crippen LogP contribution in [0, 0.1) is 0 Å². The molecule has 8 N–H and O–H groups in total. The SMILES string of the molecule is C[Si](C)(O)CCNC(=O)CCCNC(=O)c1ccc(NCc2cnc3nc(N)nc(N)c3n2)cc1. The summed E-state index contributed by atoms with van der Waals surface area (Å²) in [5.74, 6) is -0.0712. The van der Waals surface area contributed by atoms with Gasteiger partial charge in [0, 0.05) is 30.8 Å². The van der Waals surface area contributed by atoms with Crippen LogP contribution in [0.15, 0.2) is 30.5 Å². The van der Waals surface area contributed by atoms with Crippen LogP contribution in [0.2, 0.25) is 19.1 Å². The first-order chi connectivity index (χ1) is 16.6. The molecule has 186 valence electrons. The van der Waals surface area contributed by atoms with E-state index in [4.69, 9.17) is 11.5 Å². The van der Waals surface area contributed by atoms with E-state index in [2.05, 4.69) is 35.9 Å². The third kappa shape index (κ3) is 8.15. The molecule has 0 spiro atoms. The van der Waals surface area contributed by atoms with E-state index in [0.717, 1.165) is 5.69 Å². The maximum absolute atomic E-state index is 12.3. The Morgan fingerprint density at radius 3 is 2.49 bits per heavy atom. The molecule has 0 bridgehead atoms. The van der Waals surface area contributed by atoms with Crippen molar-refractivity contribution in [1.29, 1.82) is 0 Å². The van der Waals surface area contributed by atoms with Crippen molar-refractivity contribution >= 4 is 48.7 Å². The van der Waals surface area contributed by atoms with E-state index in [1.807, 2.05) is 13.1 Å². The van der Waals surface area contributed by atoms with E-state index in [9.17, 15) is 14.4 Å². The minimum Gasteiger partial charge on any atom is -0.432 e. The molecule has 0 fully saturated rings. The number of nitrogens with two attached hydrogens (primary N) is 2. The third-order valence-corrected chi connectivity index (χ3v) is 6.52. The number of rotatable bonds is 11. The van der Waals surface area contributed by atoms with Crippen molar-refractivity contribution in [3.63, 3.8) is 0 Å². The van der Waals surface area contributed by atoms with Crippen molar-refractivity contribution in [2.24, 2.45) is 0 Å². The Morgan fingerprint density at radius 1 is 1.03 bits per heavy atom. The Bertz CT molecular complexity index is 1180. The first-order valence-electron chi connectivity index (χ1n) is 11.3. The second kappa shape index (κ2) is 11.5. The van der Waals surface area contributed by atoms with Gasteiger partial charge in [0.25, 0.3) is 5.91 Å². The summed E-state index contributed by atoms with van der Waals surface area (Å²) in [5.41, 5.74) is 14.1. The molecule has 0 aliphatic carbocycles.